The van der Waals surface area contributed by atoms with Crippen LogP contribution in [0, 0.1) is 6.92 Å². The number of hydrogen-bond acceptors (Lipinski definition) is 4. The predicted molar refractivity (Wildman–Crippen MR) is 125 cm³/mol. The van der Waals surface area contributed by atoms with Gasteiger partial charge in [-0.2, -0.15) is 0 Å². The lowest BCUT2D eigenvalue weighted by Gasteiger charge is -2.46. The van der Waals surface area contributed by atoms with Crippen LogP contribution in [-0.4, -0.2) is 41.5 Å². The number of carbonyl (C=O) groups is 1. The molecule has 8 heteroatoms. The van der Waals surface area contributed by atoms with Crippen molar-refractivity contribution in [3.05, 3.63) is 99.0 Å². The summed E-state index contributed by atoms with van der Waals surface area (Å²) in [5, 5.41) is 1.94. The van der Waals surface area contributed by atoms with Crippen molar-refractivity contribution in [3.8, 4) is 0 Å². The lowest BCUT2D eigenvalue weighted by molar-refractivity contribution is 0.0521. The van der Waals surface area contributed by atoms with Crippen molar-refractivity contribution >= 4 is 17.7 Å². The minimum Gasteiger partial charge on any atom is -0.310 e. The van der Waals surface area contributed by atoms with Gasteiger partial charge in [0.2, 0.25) is 0 Å². The number of carbonyl (C=O) groups excluding carboxylic acids is 1. The number of pyridine rings is 1. The van der Waals surface area contributed by atoms with Crippen molar-refractivity contribution in [3.63, 3.8) is 0 Å². The summed E-state index contributed by atoms with van der Waals surface area (Å²) in [5.74, 6) is 0.250. The molecule has 1 amide bonds. The molecule has 2 aliphatic rings. The summed E-state index contributed by atoms with van der Waals surface area (Å²) in [5.41, 5.74) is 3.38. The first kappa shape index (κ1) is 21.7. The second-order valence-corrected chi connectivity index (χ2v) is 9.26. The van der Waals surface area contributed by atoms with Gasteiger partial charge in [-0.25, -0.2) is 8.78 Å². The van der Waals surface area contributed by atoms with Crippen LogP contribution in [0.1, 0.15) is 38.8 Å². The molecule has 0 N–H and O–H groups in total. The zero-order chi connectivity index (χ0) is 23.1. The largest absolute Gasteiger partial charge is 0.310 e. The number of aromatic nitrogens is 1. The summed E-state index contributed by atoms with van der Waals surface area (Å²) >= 11 is 1.74. The summed E-state index contributed by atoms with van der Waals surface area (Å²) in [6.07, 6.45) is 1.59. The highest BCUT2D eigenvalue weighted by Crippen LogP contribution is 2.42. The predicted octanol–water partition coefficient (Wildman–Crippen LogP) is 4.21. The van der Waals surface area contributed by atoms with Gasteiger partial charge in [-0.1, -0.05) is 42.5 Å². The van der Waals surface area contributed by atoms with E-state index in [2.05, 4.69) is 18.2 Å². The Labute approximate surface area is 194 Å². The van der Waals surface area contributed by atoms with Crippen LogP contribution in [0.3, 0.4) is 0 Å². The molecule has 0 bridgehead atoms. The highest BCUT2D eigenvalue weighted by Gasteiger charge is 2.40. The van der Waals surface area contributed by atoms with Crippen LogP contribution in [0.4, 0.5) is 8.78 Å². The highest BCUT2D eigenvalue weighted by molar-refractivity contribution is 7.98. The Kier molecular flexibility index (Phi) is 5.70. The summed E-state index contributed by atoms with van der Waals surface area (Å²) < 4.78 is 29.2. The number of amides is 1. The molecule has 0 saturated heterocycles. The highest BCUT2D eigenvalue weighted by atomic mass is 32.2. The van der Waals surface area contributed by atoms with Gasteiger partial charge in [-0.15, -0.1) is 11.8 Å². The topological polar surface area (TPSA) is 45.6 Å². The Morgan fingerprint density at radius 2 is 1.70 bits per heavy atom. The van der Waals surface area contributed by atoms with Gasteiger partial charge in [0.25, 0.3) is 5.91 Å². The monoisotopic (exact) mass is 467 g/mol. The first-order chi connectivity index (χ1) is 16.0. The number of thioether (sulfide) groups is 1. The van der Waals surface area contributed by atoms with E-state index in [0.717, 1.165) is 27.3 Å². The molecule has 170 valence electrons. The van der Waals surface area contributed by atoms with Crippen LogP contribution >= 0.6 is 11.8 Å². The molecular formula is C25H23F2N3O2S. The van der Waals surface area contributed by atoms with Crippen LogP contribution in [0.15, 0.2) is 70.5 Å². The quantitative estimate of drug-likeness (QED) is 0.577. The van der Waals surface area contributed by atoms with Crippen molar-refractivity contribution in [2.75, 3.05) is 25.0 Å². The zero-order valence-electron chi connectivity index (χ0n) is 18.1. The van der Waals surface area contributed by atoms with Crippen LogP contribution in [0.25, 0.3) is 0 Å². The molecule has 1 atom stereocenters. The number of hydrogen-bond donors (Lipinski definition) is 0. The molecule has 0 spiro atoms. The van der Waals surface area contributed by atoms with Gasteiger partial charge in [-0.05, 0) is 29.7 Å². The molecular weight excluding hydrogens is 444 g/mol. The number of fused-ring (bicyclic) bond motifs is 3. The molecule has 3 heterocycles. The standard InChI is InChI=1S/C25H23F2N3O2S/c1-16-21(31)10-11-29-23(16)25(32)28(18(12-26)13-27)15-30(29)24-19-7-3-2-6-17(19)14-33-22-9-5-4-8-20(22)24/h2-11,18,24H,12-15H2,1H3. The molecule has 1 unspecified atom stereocenters. The number of halogens is 2. The Hall–Kier alpha value is -3.13. The molecule has 0 aliphatic carbocycles. The molecule has 3 aromatic rings. The van der Waals surface area contributed by atoms with Gasteiger partial charge in [-0.3, -0.25) is 19.3 Å². The number of nitrogens with zero attached hydrogens (tertiary/aromatic N) is 3. The average molecular weight is 468 g/mol. The summed E-state index contributed by atoms with van der Waals surface area (Å²) in [6, 6.07) is 16.1. The van der Waals surface area contributed by atoms with Crippen molar-refractivity contribution in [2.45, 2.75) is 29.7 Å². The van der Waals surface area contributed by atoms with Crippen molar-refractivity contribution in [1.82, 2.24) is 9.58 Å². The average Bonchev–Trinajstić information content (AvgIpc) is 3.00. The van der Waals surface area contributed by atoms with Gasteiger partial charge in [0.05, 0.1) is 12.1 Å². The SMILES string of the molecule is Cc1c2n(ccc1=O)N(C1c3ccccc3CSc3ccccc31)CN(C(CF)CF)C2=O. The maximum absolute atomic E-state index is 13.8. The molecule has 33 heavy (non-hydrogen) atoms. The molecule has 2 aliphatic heterocycles. The minimum atomic E-state index is -1.21. The smallest absolute Gasteiger partial charge is 0.274 e. The maximum atomic E-state index is 13.8. The third kappa shape index (κ3) is 3.53. The second kappa shape index (κ2) is 8.67. The third-order valence-corrected chi connectivity index (χ3v) is 7.54. The van der Waals surface area contributed by atoms with E-state index in [0.29, 0.717) is 0 Å². The fraction of sp³-hybridized carbons (Fsp3) is 0.280. The van der Waals surface area contributed by atoms with Gasteiger partial charge >= 0.3 is 0 Å². The first-order valence-electron chi connectivity index (χ1n) is 10.8. The third-order valence-electron chi connectivity index (χ3n) is 6.40. The number of benzene rings is 2. The fourth-order valence-corrected chi connectivity index (χ4v) is 5.73. The van der Waals surface area contributed by atoms with Gasteiger partial charge in [0.15, 0.2) is 5.43 Å². The summed E-state index contributed by atoms with van der Waals surface area (Å²) in [6.45, 7) is -0.428. The molecule has 5 rings (SSSR count). The summed E-state index contributed by atoms with van der Waals surface area (Å²) in [7, 11) is 0. The fourth-order valence-electron chi connectivity index (χ4n) is 4.63. The first-order valence-corrected chi connectivity index (χ1v) is 11.7. The maximum Gasteiger partial charge on any atom is 0.274 e. The van der Waals surface area contributed by atoms with E-state index >= 15 is 0 Å². The van der Waals surface area contributed by atoms with Crippen LogP contribution in [0.2, 0.25) is 0 Å². The number of alkyl halides is 2. The molecule has 2 aromatic carbocycles. The van der Waals surface area contributed by atoms with Crippen molar-refractivity contribution in [1.29, 1.82) is 0 Å². The van der Waals surface area contributed by atoms with E-state index in [1.54, 1.807) is 29.6 Å². The Morgan fingerprint density at radius 1 is 1.00 bits per heavy atom. The van der Waals surface area contributed by atoms with E-state index in [4.69, 9.17) is 0 Å². The minimum absolute atomic E-state index is 0.00927. The van der Waals surface area contributed by atoms with Crippen LogP contribution in [-0.2, 0) is 5.75 Å². The molecule has 0 radical (unpaired) electrons. The lowest BCUT2D eigenvalue weighted by atomic mass is 9.94. The summed E-state index contributed by atoms with van der Waals surface area (Å²) in [4.78, 5) is 28.1. The van der Waals surface area contributed by atoms with Gasteiger partial charge in [0, 0.05) is 28.5 Å². The van der Waals surface area contributed by atoms with Crippen molar-refractivity contribution < 1.29 is 13.6 Å². The number of rotatable bonds is 4. The molecule has 0 fully saturated rings. The van der Waals surface area contributed by atoms with Crippen molar-refractivity contribution in [2.24, 2.45) is 0 Å². The Balaban J connectivity index is 1.77. The Bertz CT molecular complexity index is 1230. The zero-order valence-corrected chi connectivity index (χ0v) is 18.9. The molecule has 0 saturated carbocycles. The van der Waals surface area contributed by atoms with E-state index in [9.17, 15) is 18.4 Å². The van der Waals surface area contributed by atoms with Crippen LogP contribution in [0.5, 0.6) is 0 Å². The Morgan fingerprint density at radius 3 is 2.45 bits per heavy atom. The van der Waals surface area contributed by atoms with E-state index < -0.39 is 25.3 Å². The van der Waals surface area contributed by atoms with Gasteiger partial charge in [0.1, 0.15) is 25.7 Å². The molecule has 5 nitrogen and oxygen atoms in total. The lowest BCUT2D eigenvalue weighted by Crippen LogP contribution is -2.59. The normalized spacial score (nSPS) is 17.5. The molecule has 1 aromatic heterocycles. The second-order valence-electron chi connectivity index (χ2n) is 8.24. The van der Waals surface area contributed by atoms with Crippen LogP contribution < -0.4 is 10.4 Å². The van der Waals surface area contributed by atoms with E-state index in [1.807, 2.05) is 35.3 Å². The van der Waals surface area contributed by atoms with E-state index in [1.165, 1.54) is 11.0 Å². The van der Waals surface area contributed by atoms with E-state index in [-0.39, 0.29) is 29.4 Å². The van der Waals surface area contributed by atoms with Gasteiger partial charge < -0.3 is 4.90 Å².